The molecular formula is C28H34NO6P. The Hall–Kier alpha value is -2.96. The van der Waals surface area contributed by atoms with Gasteiger partial charge in [-0.1, -0.05) is 91.0 Å². The van der Waals surface area contributed by atoms with Crippen molar-refractivity contribution in [3.05, 3.63) is 108 Å². The van der Waals surface area contributed by atoms with Gasteiger partial charge in [0.15, 0.2) is 6.29 Å². The zero-order chi connectivity index (χ0) is 25.6. The molecule has 0 heterocycles. The summed E-state index contributed by atoms with van der Waals surface area (Å²) >= 11 is 0. The third-order valence-corrected chi connectivity index (χ3v) is 7.99. The van der Waals surface area contributed by atoms with Gasteiger partial charge in [0.05, 0.1) is 6.61 Å². The summed E-state index contributed by atoms with van der Waals surface area (Å²) in [6, 6.07) is 28.2. The molecule has 36 heavy (non-hydrogen) atoms. The summed E-state index contributed by atoms with van der Waals surface area (Å²) in [7, 11) is -3.78. The van der Waals surface area contributed by atoms with Crippen LogP contribution in [0.25, 0.3) is 0 Å². The molecule has 0 saturated heterocycles. The number of rotatable bonds is 14. The molecule has 3 rings (SSSR count). The smallest absolute Gasteiger partial charge is 0.408 e. The number of aryl methyl sites for hydroxylation is 1. The Labute approximate surface area is 212 Å². The average Bonchev–Trinajstić information content (AvgIpc) is 2.91. The topological polar surface area (TPSA) is 105 Å². The molecule has 0 aliphatic carbocycles. The zero-order valence-electron chi connectivity index (χ0n) is 20.2. The van der Waals surface area contributed by atoms with Crippen LogP contribution in [0.1, 0.15) is 36.0 Å². The number of carbonyl (C=O) groups excluding carboxylic acids is 1. The normalized spacial score (nSPS) is 14.4. The maximum Gasteiger partial charge on any atom is 0.408 e. The molecule has 0 spiro atoms. The SMILES string of the molecule is O=C(NC(CCCC(O)OCc1ccccc1)P(=O)(O)CCc1ccccc1)OCc1ccccc1. The van der Waals surface area contributed by atoms with Crippen molar-refractivity contribution in [3.8, 4) is 0 Å². The van der Waals surface area contributed by atoms with Gasteiger partial charge in [-0.25, -0.2) is 4.79 Å². The fourth-order valence-corrected chi connectivity index (χ4v) is 5.48. The van der Waals surface area contributed by atoms with Crippen molar-refractivity contribution in [3.63, 3.8) is 0 Å². The maximum atomic E-state index is 13.3. The molecule has 0 aliphatic rings. The molecule has 3 atom stereocenters. The highest BCUT2D eigenvalue weighted by Gasteiger charge is 2.32. The van der Waals surface area contributed by atoms with Crippen LogP contribution in [0.5, 0.6) is 0 Å². The van der Waals surface area contributed by atoms with Crippen molar-refractivity contribution >= 4 is 13.5 Å². The predicted octanol–water partition coefficient (Wildman–Crippen LogP) is 5.46. The molecule has 0 aromatic heterocycles. The van der Waals surface area contributed by atoms with E-state index in [0.29, 0.717) is 12.8 Å². The molecule has 1 amide bonds. The minimum Gasteiger partial charge on any atom is -0.445 e. The summed E-state index contributed by atoms with van der Waals surface area (Å²) in [6.45, 7) is 0.330. The minimum atomic E-state index is -3.78. The van der Waals surface area contributed by atoms with E-state index in [1.54, 1.807) is 0 Å². The quantitative estimate of drug-likeness (QED) is 0.196. The van der Waals surface area contributed by atoms with Crippen LogP contribution in [0.4, 0.5) is 4.79 Å². The first kappa shape index (κ1) is 27.6. The first-order valence-electron chi connectivity index (χ1n) is 12.1. The first-order chi connectivity index (χ1) is 17.4. The number of hydrogen-bond donors (Lipinski definition) is 3. The van der Waals surface area contributed by atoms with Crippen LogP contribution in [-0.4, -0.2) is 34.3 Å². The van der Waals surface area contributed by atoms with Gasteiger partial charge >= 0.3 is 6.09 Å². The van der Waals surface area contributed by atoms with Gasteiger partial charge < -0.3 is 24.8 Å². The lowest BCUT2D eigenvalue weighted by atomic mass is 10.2. The Morgan fingerprint density at radius 2 is 1.33 bits per heavy atom. The molecule has 3 aromatic carbocycles. The number of benzene rings is 3. The number of amides is 1. The lowest BCUT2D eigenvalue weighted by molar-refractivity contribution is -0.112. The molecule has 8 heteroatoms. The van der Waals surface area contributed by atoms with Crippen molar-refractivity contribution in [2.45, 2.75) is 51.0 Å². The summed E-state index contributed by atoms with van der Waals surface area (Å²) in [5.74, 6) is -0.995. The Morgan fingerprint density at radius 1 is 0.806 bits per heavy atom. The van der Waals surface area contributed by atoms with Gasteiger partial charge in [-0.05, 0) is 42.4 Å². The largest absolute Gasteiger partial charge is 0.445 e. The maximum absolute atomic E-state index is 13.3. The van der Waals surface area contributed by atoms with E-state index in [1.165, 1.54) is 0 Å². The number of aliphatic hydroxyl groups excluding tert-OH is 1. The molecule has 3 N–H and O–H groups in total. The summed E-state index contributed by atoms with van der Waals surface area (Å²) in [6.07, 6.45) is -0.480. The number of aliphatic hydroxyl groups is 1. The Morgan fingerprint density at radius 3 is 1.92 bits per heavy atom. The van der Waals surface area contributed by atoms with Crippen LogP contribution in [0.3, 0.4) is 0 Å². The third-order valence-electron chi connectivity index (χ3n) is 5.76. The molecular weight excluding hydrogens is 477 g/mol. The molecule has 192 valence electrons. The molecule has 0 saturated carbocycles. The number of alkyl carbamates (subject to hydrolysis) is 1. The highest BCUT2D eigenvalue weighted by Crippen LogP contribution is 2.47. The lowest BCUT2D eigenvalue weighted by Crippen LogP contribution is -2.36. The van der Waals surface area contributed by atoms with Crippen molar-refractivity contribution < 1.29 is 28.8 Å². The molecule has 3 unspecified atom stereocenters. The average molecular weight is 512 g/mol. The van der Waals surface area contributed by atoms with Gasteiger partial charge in [0.25, 0.3) is 0 Å². The summed E-state index contributed by atoms with van der Waals surface area (Å²) in [5, 5.41) is 12.8. The van der Waals surface area contributed by atoms with Crippen LogP contribution < -0.4 is 5.32 Å². The van der Waals surface area contributed by atoms with Crippen LogP contribution >= 0.6 is 7.37 Å². The van der Waals surface area contributed by atoms with Gasteiger partial charge in [0, 0.05) is 6.16 Å². The van der Waals surface area contributed by atoms with Gasteiger partial charge in [0.1, 0.15) is 12.4 Å². The van der Waals surface area contributed by atoms with E-state index in [0.717, 1.165) is 16.7 Å². The molecule has 0 aliphatic heterocycles. The molecule has 7 nitrogen and oxygen atoms in total. The Bertz CT molecular complexity index is 1080. The highest BCUT2D eigenvalue weighted by molar-refractivity contribution is 7.58. The molecule has 3 aromatic rings. The second-order valence-corrected chi connectivity index (χ2v) is 11.2. The zero-order valence-corrected chi connectivity index (χ0v) is 21.1. The molecule has 0 fully saturated rings. The third kappa shape index (κ3) is 9.96. The van der Waals surface area contributed by atoms with Crippen LogP contribution in [-0.2, 0) is 33.7 Å². The van der Waals surface area contributed by atoms with Gasteiger partial charge in [0.2, 0.25) is 7.37 Å². The summed E-state index contributed by atoms with van der Waals surface area (Å²) in [5.41, 5.74) is 2.71. The number of ether oxygens (including phenoxy) is 2. The van der Waals surface area contributed by atoms with E-state index >= 15 is 0 Å². The lowest BCUT2D eigenvalue weighted by Gasteiger charge is -2.24. The summed E-state index contributed by atoms with van der Waals surface area (Å²) in [4.78, 5) is 23.3. The summed E-state index contributed by atoms with van der Waals surface area (Å²) < 4.78 is 24.0. The van der Waals surface area contributed by atoms with Crippen molar-refractivity contribution in [2.75, 3.05) is 6.16 Å². The fraction of sp³-hybridized carbons (Fsp3) is 0.321. The Kier molecular flexibility index (Phi) is 11.2. The van der Waals surface area contributed by atoms with E-state index in [-0.39, 0.29) is 32.2 Å². The van der Waals surface area contributed by atoms with E-state index in [9.17, 15) is 19.4 Å². The van der Waals surface area contributed by atoms with Crippen LogP contribution in [0, 0.1) is 0 Å². The first-order valence-corrected chi connectivity index (χ1v) is 14.0. The van der Waals surface area contributed by atoms with Gasteiger partial charge in [-0.15, -0.1) is 0 Å². The molecule has 0 bridgehead atoms. The fourth-order valence-electron chi connectivity index (χ4n) is 3.70. The van der Waals surface area contributed by atoms with Crippen molar-refractivity contribution in [1.82, 2.24) is 5.32 Å². The van der Waals surface area contributed by atoms with Crippen molar-refractivity contribution in [2.24, 2.45) is 0 Å². The number of carbonyl (C=O) groups is 1. The predicted molar refractivity (Wildman–Crippen MR) is 139 cm³/mol. The number of nitrogens with one attached hydrogen (secondary N) is 1. The standard InChI is InChI=1S/C28H34NO6P/c30-27(34-21-24-13-6-2-7-14-24)18-10-17-26(29-28(31)35-22-25-15-8-3-9-16-25)36(32,33)20-19-23-11-4-1-5-12-23/h1-9,11-16,26-27,30H,10,17-22H2,(H,29,31)(H,32,33). The van der Waals surface area contributed by atoms with Crippen LogP contribution in [0.2, 0.25) is 0 Å². The molecule has 0 radical (unpaired) electrons. The van der Waals surface area contributed by atoms with E-state index in [1.807, 2.05) is 91.0 Å². The van der Waals surface area contributed by atoms with E-state index in [2.05, 4.69) is 5.32 Å². The van der Waals surface area contributed by atoms with Crippen LogP contribution in [0.15, 0.2) is 91.0 Å². The van der Waals surface area contributed by atoms with E-state index in [4.69, 9.17) is 9.47 Å². The van der Waals surface area contributed by atoms with Gasteiger partial charge in [-0.3, -0.25) is 4.57 Å². The second kappa shape index (κ2) is 14.6. The van der Waals surface area contributed by atoms with E-state index < -0.39 is 25.5 Å². The van der Waals surface area contributed by atoms with Crippen molar-refractivity contribution in [1.29, 1.82) is 0 Å². The van der Waals surface area contributed by atoms with Gasteiger partial charge in [-0.2, -0.15) is 0 Å². The second-order valence-electron chi connectivity index (χ2n) is 8.62. The number of hydrogen-bond acceptors (Lipinski definition) is 5. The highest BCUT2D eigenvalue weighted by atomic mass is 31.2. The Balaban J connectivity index is 1.54. The minimum absolute atomic E-state index is 0.0215. The monoisotopic (exact) mass is 511 g/mol.